The number of pyridine rings is 1. The number of anilines is 1. The summed E-state index contributed by atoms with van der Waals surface area (Å²) in [6.07, 6.45) is 0.539. The number of amides is 2. The van der Waals surface area contributed by atoms with Gasteiger partial charge in [-0.3, -0.25) is 9.59 Å². The largest absolute Gasteiger partial charge is 0.378 e. The molecule has 26 heavy (non-hydrogen) atoms. The van der Waals surface area contributed by atoms with Crippen molar-refractivity contribution in [2.24, 2.45) is 0 Å². The fourth-order valence-electron chi connectivity index (χ4n) is 2.45. The molecule has 134 valence electrons. The zero-order valence-electron chi connectivity index (χ0n) is 15.2. The quantitative estimate of drug-likeness (QED) is 0.581. The minimum atomic E-state index is -1.10. The van der Waals surface area contributed by atoms with Gasteiger partial charge in [0.2, 0.25) is 6.41 Å². The van der Waals surface area contributed by atoms with E-state index in [-0.39, 0.29) is 5.91 Å². The smallest absolute Gasteiger partial charge is 0.253 e. The van der Waals surface area contributed by atoms with Crippen LogP contribution >= 0.6 is 0 Å². The zero-order valence-corrected chi connectivity index (χ0v) is 15.2. The summed E-state index contributed by atoms with van der Waals surface area (Å²) in [4.78, 5) is 27.6. The molecule has 2 rings (SSSR count). The molecule has 0 aliphatic carbocycles. The Balaban J connectivity index is 2.56. The Bertz CT molecular complexity index is 903. The molecule has 2 amide bonds. The first-order valence-corrected chi connectivity index (χ1v) is 8.05. The van der Waals surface area contributed by atoms with Crippen LogP contribution in [0, 0.1) is 18.8 Å². The molecule has 2 aromatic rings. The van der Waals surface area contributed by atoms with E-state index in [1.807, 2.05) is 19.1 Å². The van der Waals surface area contributed by atoms with Crippen molar-refractivity contribution in [1.82, 2.24) is 10.3 Å². The van der Waals surface area contributed by atoms with Gasteiger partial charge in [0.1, 0.15) is 11.3 Å². The van der Waals surface area contributed by atoms with Crippen molar-refractivity contribution in [2.75, 3.05) is 12.4 Å². The molecule has 1 heterocycles. The van der Waals surface area contributed by atoms with E-state index in [9.17, 15) is 14.7 Å². The summed E-state index contributed by atoms with van der Waals surface area (Å²) in [6, 6.07) is 8.76. The highest BCUT2D eigenvalue weighted by atomic mass is 16.3. The van der Waals surface area contributed by atoms with Crippen molar-refractivity contribution < 1.29 is 14.7 Å². The van der Waals surface area contributed by atoms with E-state index in [1.54, 1.807) is 32.0 Å². The van der Waals surface area contributed by atoms with Crippen LogP contribution in [0.3, 0.4) is 0 Å². The van der Waals surface area contributed by atoms with Crippen LogP contribution in [0.4, 0.5) is 5.69 Å². The van der Waals surface area contributed by atoms with Crippen LogP contribution in [0.2, 0.25) is 0 Å². The van der Waals surface area contributed by atoms with Gasteiger partial charge in [-0.25, -0.2) is 4.98 Å². The number of carbonyl (C=O) groups is 2. The summed E-state index contributed by atoms with van der Waals surface area (Å²) in [5.41, 5.74) is 2.36. The van der Waals surface area contributed by atoms with Crippen LogP contribution in [0.1, 0.15) is 35.6 Å². The third-order valence-electron chi connectivity index (χ3n) is 3.61. The van der Waals surface area contributed by atoms with Gasteiger partial charge in [0.05, 0.1) is 11.3 Å². The fourth-order valence-corrected chi connectivity index (χ4v) is 2.45. The van der Waals surface area contributed by atoms with Gasteiger partial charge in [-0.2, -0.15) is 0 Å². The number of nitrogens with zero attached hydrogens (tertiary/aromatic N) is 1. The van der Waals surface area contributed by atoms with Crippen molar-refractivity contribution in [3.05, 3.63) is 47.3 Å². The summed E-state index contributed by atoms with van der Waals surface area (Å²) in [5, 5.41) is 14.9. The summed E-state index contributed by atoms with van der Waals surface area (Å²) in [6.45, 7) is 5.02. The lowest BCUT2D eigenvalue weighted by Crippen LogP contribution is -2.20. The van der Waals surface area contributed by atoms with Crippen molar-refractivity contribution in [1.29, 1.82) is 0 Å². The maximum atomic E-state index is 12.1. The van der Waals surface area contributed by atoms with Gasteiger partial charge >= 0.3 is 0 Å². The SMILES string of the molecule is CNC(=O)c1cccc(-c2ccc(C#CC(C)(C)O)nc2C)c1NC=O. The van der Waals surface area contributed by atoms with E-state index in [0.29, 0.717) is 34.6 Å². The molecular weight excluding hydrogens is 330 g/mol. The van der Waals surface area contributed by atoms with Crippen molar-refractivity contribution >= 4 is 18.0 Å². The number of nitrogens with one attached hydrogen (secondary N) is 2. The Morgan fingerprint density at radius 1 is 1.23 bits per heavy atom. The number of hydrogen-bond acceptors (Lipinski definition) is 4. The normalized spacial score (nSPS) is 10.5. The number of para-hydroxylation sites is 1. The molecule has 6 nitrogen and oxygen atoms in total. The third kappa shape index (κ3) is 4.47. The first kappa shape index (κ1) is 19.2. The second kappa shape index (κ2) is 7.81. The van der Waals surface area contributed by atoms with Crippen LogP contribution in [0.5, 0.6) is 0 Å². The van der Waals surface area contributed by atoms with Gasteiger partial charge < -0.3 is 15.7 Å². The average Bonchev–Trinajstić information content (AvgIpc) is 2.59. The molecule has 0 atom stereocenters. The number of carbonyl (C=O) groups excluding carboxylic acids is 2. The lowest BCUT2D eigenvalue weighted by atomic mass is 9.98. The van der Waals surface area contributed by atoms with Crippen LogP contribution < -0.4 is 10.6 Å². The molecule has 0 fully saturated rings. The highest BCUT2D eigenvalue weighted by Gasteiger charge is 2.16. The predicted octanol–water partition coefficient (Wildman–Crippen LogP) is 2.11. The number of rotatable bonds is 4. The van der Waals surface area contributed by atoms with Gasteiger partial charge in [0, 0.05) is 23.9 Å². The number of hydrogen-bond donors (Lipinski definition) is 3. The first-order valence-electron chi connectivity index (χ1n) is 8.05. The lowest BCUT2D eigenvalue weighted by molar-refractivity contribution is -0.105. The topological polar surface area (TPSA) is 91.3 Å². The zero-order chi connectivity index (χ0) is 19.3. The molecule has 0 aliphatic heterocycles. The van der Waals surface area contributed by atoms with Crippen molar-refractivity contribution in [2.45, 2.75) is 26.4 Å². The summed E-state index contributed by atoms with van der Waals surface area (Å²) >= 11 is 0. The van der Waals surface area contributed by atoms with E-state index in [1.165, 1.54) is 7.05 Å². The highest BCUT2D eigenvalue weighted by Crippen LogP contribution is 2.32. The molecule has 0 bridgehead atoms. The molecule has 1 aromatic heterocycles. The van der Waals surface area contributed by atoms with Crippen molar-refractivity contribution in [3.63, 3.8) is 0 Å². The van der Waals surface area contributed by atoms with E-state index in [2.05, 4.69) is 27.5 Å². The number of aromatic nitrogens is 1. The number of aliphatic hydroxyl groups is 1. The Labute approximate surface area is 152 Å². The first-order chi connectivity index (χ1) is 12.3. The van der Waals surface area contributed by atoms with E-state index < -0.39 is 5.60 Å². The molecule has 0 saturated heterocycles. The molecule has 1 aromatic carbocycles. The second-order valence-electron chi connectivity index (χ2n) is 6.21. The van der Waals surface area contributed by atoms with Crippen LogP contribution in [-0.4, -0.2) is 35.1 Å². The molecule has 0 aliphatic rings. The summed E-state index contributed by atoms with van der Waals surface area (Å²) in [7, 11) is 1.53. The fraction of sp³-hybridized carbons (Fsp3) is 0.250. The van der Waals surface area contributed by atoms with E-state index in [4.69, 9.17) is 0 Å². The molecule has 0 spiro atoms. The Morgan fingerprint density at radius 3 is 2.54 bits per heavy atom. The molecular formula is C20H21N3O3. The molecule has 3 N–H and O–H groups in total. The lowest BCUT2D eigenvalue weighted by Gasteiger charge is -2.14. The summed E-state index contributed by atoms with van der Waals surface area (Å²) in [5.74, 6) is 5.26. The predicted molar refractivity (Wildman–Crippen MR) is 101 cm³/mol. The monoisotopic (exact) mass is 351 g/mol. The van der Waals surface area contributed by atoms with Crippen LogP contribution in [-0.2, 0) is 4.79 Å². The highest BCUT2D eigenvalue weighted by molar-refractivity contribution is 6.05. The Hall–Kier alpha value is -3.17. The summed E-state index contributed by atoms with van der Waals surface area (Å²) < 4.78 is 0. The molecule has 6 heteroatoms. The second-order valence-corrected chi connectivity index (χ2v) is 6.21. The molecule has 0 radical (unpaired) electrons. The number of benzene rings is 1. The Morgan fingerprint density at radius 2 is 1.96 bits per heavy atom. The van der Waals surface area contributed by atoms with Crippen LogP contribution in [0.15, 0.2) is 30.3 Å². The third-order valence-corrected chi connectivity index (χ3v) is 3.61. The van der Waals surface area contributed by atoms with Gasteiger partial charge in [-0.1, -0.05) is 18.1 Å². The number of aryl methyl sites for hydroxylation is 1. The maximum Gasteiger partial charge on any atom is 0.253 e. The average molecular weight is 351 g/mol. The van der Waals surface area contributed by atoms with Gasteiger partial charge in [0.15, 0.2) is 0 Å². The van der Waals surface area contributed by atoms with Crippen molar-refractivity contribution in [3.8, 4) is 23.0 Å². The van der Waals surface area contributed by atoms with Gasteiger partial charge in [-0.15, -0.1) is 0 Å². The maximum absolute atomic E-state index is 12.1. The molecule has 0 saturated carbocycles. The standard InChI is InChI=1S/C20H21N3O3/c1-13-15(9-8-14(23-13)10-11-20(2,3)26)16-6-5-7-17(19(25)21-4)18(16)22-12-24/h5-9,12,26H,1-4H3,(H,21,25)(H,22,24). The van der Waals surface area contributed by atoms with E-state index in [0.717, 1.165) is 5.56 Å². The van der Waals surface area contributed by atoms with Gasteiger partial charge in [0.25, 0.3) is 5.91 Å². The Kier molecular flexibility index (Phi) is 5.75. The van der Waals surface area contributed by atoms with E-state index >= 15 is 0 Å². The van der Waals surface area contributed by atoms with Gasteiger partial charge in [-0.05, 0) is 44.9 Å². The minimum Gasteiger partial charge on any atom is -0.378 e. The minimum absolute atomic E-state index is 0.297. The van der Waals surface area contributed by atoms with Crippen LogP contribution in [0.25, 0.3) is 11.1 Å². The molecule has 0 unspecified atom stereocenters.